The second kappa shape index (κ2) is 14.3. The fraction of sp³-hybridized carbons (Fsp3) is 0.939. The molecule has 0 aromatic carbocycles. The summed E-state index contributed by atoms with van der Waals surface area (Å²) in [5, 5.41) is 0. The Balaban J connectivity index is 0.000000841. The van der Waals surface area contributed by atoms with Crippen molar-refractivity contribution in [2.45, 2.75) is 153 Å². The van der Waals surface area contributed by atoms with Crippen molar-refractivity contribution in [2.75, 3.05) is 0 Å². The monoisotopic (exact) mass is 461 g/mol. The fourth-order valence-electron chi connectivity index (χ4n) is 8.37. The van der Waals surface area contributed by atoms with E-state index in [0.29, 0.717) is 10.8 Å². The van der Waals surface area contributed by atoms with Crippen LogP contribution in [0, 0.1) is 46.3 Å². The van der Waals surface area contributed by atoms with Crippen LogP contribution in [0.2, 0.25) is 0 Å². The van der Waals surface area contributed by atoms with Crippen LogP contribution in [-0.2, 0) is 0 Å². The minimum atomic E-state index is 0.562. The van der Waals surface area contributed by atoms with Gasteiger partial charge in [0.15, 0.2) is 0 Å². The van der Waals surface area contributed by atoms with Crippen LogP contribution < -0.4 is 0 Å². The molecule has 0 heterocycles. The molecule has 0 spiro atoms. The topological polar surface area (TPSA) is 0 Å². The van der Waals surface area contributed by atoms with Crippen LogP contribution in [0.15, 0.2) is 11.6 Å². The molecule has 3 fully saturated rings. The van der Waals surface area contributed by atoms with Crippen LogP contribution in [0.25, 0.3) is 0 Å². The average Bonchev–Trinajstić information content (AvgIpc) is 3.17. The third-order valence-corrected chi connectivity index (χ3v) is 10.1. The zero-order valence-electron chi connectivity index (χ0n) is 25.0. The molecule has 33 heavy (non-hydrogen) atoms. The smallest absolute Gasteiger partial charge is 0.00851 e. The van der Waals surface area contributed by atoms with Gasteiger partial charge in [0.2, 0.25) is 0 Å². The first kappa shape index (κ1) is 30.8. The molecule has 0 heteroatoms. The molecule has 0 radical (unpaired) electrons. The van der Waals surface area contributed by atoms with Gasteiger partial charge in [0.05, 0.1) is 0 Å². The van der Waals surface area contributed by atoms with E-state index in [-0.39, 0.29) is 0 Å². The molecule has 3 unspecified atom stereocenters. The molecule has 4 aliphatic carbocycles. The van der Waals surface area contributed by atoms with E-state index in [0.717, 1.165) is 35.5 Å². The Morgan fingerprint density at radius 2 is 1.52 bits per heavy atom. The van der Waals surface area contributed by atoms with E-state index in [4.69, 9.17) is 0 Å². The highest BCUT2D eigenvalue weighted by atomic mass is 14.6. The largest absolute Gasteiger partial charge is 0.0845 e. The number of hydrogen-bond acceptors (Lipinski definition) is 0. The van der Waals surface area contributed by atoms with E-state index in [2.05, 4.69) is 40.7 Å². The second-order valence-electron chi connectivity index (χ2n) is 12.1. The SMILES string of the molecule is CC.CC.CC.CC(C)CCCC[C@H]1CCC2C3CC=C4C[C@@H](C)CC[C@]4(C)C3CC[C@@]21C. The normalized spacial score (nSPS) is 38.7. The zero-order valence-corrected chi connectivity index (χ0v) is 25.0. The van der Waals surface area contributed by atoms with E-state index in [1.165, 1.54) is 70.6 Å². The van der Waals surface area contributed by atoms with Gasteiger partial charge >= 0.3 is 0 Å². The Morgan fingerprint density at radius 3 is 2.15 bits per heavy atom. The summed E-state index contributed by atoms with van der Waals surface area (Å²) < 4.78 is 0. The molecule has 3 saturated carbocycles. The summed E-state index contributed by atoms with van der Waals surface area (Å²) >= 11 is 0. The van der Waals surface area contributed by atoms with Gasteiger partial charge in [-0.2, -0.15) is 0 Å². The quantitative estimate of drug-likeness (QED) is 0.282. The van der Waals surface area contributed by atoms with E-state index >= 15 is 0 Å². The third kappa shape index (κ3) is 6.70. The lowest BCUT2D eigenvalue weighted by Gasteiger charge is -2.58. The number of rotatable bonds is 5. The number of hydrogen-bond donors (Lipinski definition) is 0. The van der Waals surface area contributed by atoms with E-state index in [1.54, 1.807) is 6.42 Å². The van der Waals surface area contributed by atoms with E-state index in [9.17, 15) is 0 Å². The Kier molecular flexibility index (Phi) is 13.4. The van der Waals surface area contributed by atoms with Crippen LogP contribution in [0.5, 0.6) is 0 Å². The minimum absolute atomic E-state index is 0.562. The third-order valence-electron chi connectivity index (χ3n) is 10.1. The maximum atomic E-state index is 2.75. The summed E-state index contributed by atoms with van der Waals surface area (Å²) in [4.78, 5) is 0. The highest BCUT2D eigenvalue weighted by Gasteiger charge is 2.58. The molecule has 0 N–H and O–H groups in total. The van der Waals surface area contributed by atoms with Crippen LogP contribution in [0.4, 0.5) is 0 Å². The maximum Gasteiger partial charge on any atom is -0.00851 e. The summed E-state index contributed by atoms with van der Waals surface area (Å²) in [6.45, 7) is 24.6. The molecule has 0 aromatic heterocycles. The molecule has 7 atom stereocenters. The minimum Gasteiger partial charge on any atom is -0.0845 e. The van der Waals surface area contributed by atoms with Gasteiger partial charge in [0.25, 0.3) is 0 Å². The van der Waals surface area contributed by atoms with Crippen molar-refractivity contribution in [1.29, 1.82) is 0 Å². The summed E-state index contributed by atoms with van der Waals surface area (Å²) in [6, 6.07) is 0. The lowest BCUT2D eigenvalue weighted by molar-refractivity contribution is -0.0450. The summed E-state index contributed by atoms with van der Waals surface area (Å²) in [7, 11) is 0. The van der Waals surface area contributed by atoms with Gasteiger partial charge in [-0.1, -0.05) is 107 Å². The second-order valence-corrected chi connectivity index (χ2v) is 12.1. The first-order valence-electron chi connectivity index (χ1n) is 15.5. The molecule has 0 aromatic rings. The Labute approximate surface area is 211 Å². The van der Waals surface area contributed by atoms with Crippen LogP contribution in [0.3, 0.4) is 0 Å². The number of unbranched alkanes of at least 4 members (excludes halogenated alkanes) is 1. The molecule has 196 valence electrons. The number of fused-ring (bicyclic) bond motifs is 5. The summed E-state index contributed by atoms with van der Waals surface area (Å²) in [5.74, 6) is 5.88. The Morgan fingerprint density at radius 1 is 0.848 bits per heavy atom. The van der Waals surface area contributed by atoms with Crippen molar-refractivity contribution in [2.24, 2.45) is 46.3 Å². The lowest BCUT2D eigenvalue weighted by atomic mass is 9.47. The summed E-state index contributed by atoms with van der Waals surface area (Å²) in [6.07, 6.45) is 20.6. The maximum absolute atomic E-state index is 2.75. The van der Waals surface area contributed by atoms with Gasteiger partial charge in [-0.15, -0.1) is 0 Å². The molecule has 0 aliphatic heterocycles. The van der Waals surface area contributed by atoms with Crippen molar-refractivity contribution in [3.63, 3.8) is 0 Å². The molecular formula is C33H64. The van der Waals surface area contributed by atoms with Crippen molar-refractivity contribution < 1.29 is 0 Å². The van der Waals surface area contributed by atoms with Crippen LogP contribution in [-0.4, -0.2) is 0 Å². The van der Waals surface area contributed by atoms with Gasteiger partial charge in [0.1, 0.15) is 0 Å². The molecule has 4 rings (SSSR count). The van der Waals surface area contributed by atoms with Gasteiger partial charge in [-0.05, 0) is 104 Å². The van der Waals surface area contributed by atoms with Crippen molar-refractivity contribution in [1.82, 2.24) is 0 Å². The molecular weight excluding hydrogens is 396 g/mol. The number of allylic oxidation sites excluding steroid dienone is 2. The van der Waals surface area contributed by atoms with E-state index in [1.807, 2.05) is 47.1 Å². The van der Waals surface area contributed by atoms with Gasteiger partial charge in [0, 0.05) is 0 Å². The van der Waals surface area contributed by atoms with Crippen molar-refractivity contribution >= 4 is 0 Å². The van der Waals surface area contributed by atoms with Crippen LogP contribution >= 0.6 is 0 Å². The predicted octanol–water partition coefficient (Wildman–Crippen LogP) is 11.5. The molecule has 0 bridgehead atoms. The summed E-state index contributed by atoms with van der Waals surface area (Å²) in [5.41, 5.74) is 3.10. The Hall–Kier alpha value is -0.260. The fourth-order valence-corrected chi connectivity index (χ4v) is 8.37. The zero-order chi connectivity index (χ0) is 25.2. The first-order chi connectivity index (χ1) is 15.8. The van der Waals surface area contributed by atoms with Gasteiger partial charge < -0.3 is 0 Å². The molecule has 4 aliphatic rings. The first-order valence-corrected chi connectivity index (χ1v) is 15.5. The van der Waals surface area contributed by atoms with Crippen LogP contribution in [0.1, 0.15) is 153 Å². The Bertz CT molecular complexity index is 556. The standard InChI is InChI=1S/C27H46.3C2H6/c1-19(2)8-6-7-9-21-11-13-24-23-12-10-22-18-20(3)14-16-27(22,5)25(23)15-17-26(21,24)4;3*1-2/h10,19-21,23-25H,6-9,11-18H2,1-5H3;3*1-2H3/t20-,21-,23?,24?,25?,26+,27-;;;/m0.../s1. The van der Waals surface area contributed by atoms with Crippen molar-refractivity contribution in [3.8, 4) is 0 Å². The molecule has 0 amide bonds. The lowest BCUT2D eigenvalue weighted by Crippen LogP contribution is -2.49. The predicted molar refractivity (Wildman–Crippen MR) is 152 cm³/mol. The highest BCUT2D eigenvalue weighted by Crippen LogP contribution is 2.67. The van der Waals surface area contributed by atoms with E-state index < -0.39 is 0 Å². The van der Waals surface area contributed by atoms with Crippen molar-refractivity contribution in [3.05, 3.63) is 11.6 Å². The van der Waals surface area contributed by atoms with Gasteiger partial charge in [-0.25, -0.2) is 0 Å². The van der Waals surface area contributed by atoms with Gasteiger partial charge in [-0.3, -0.25) is 0 Å². The molecule has 0 nitrogen and oxygen atoms in total. The average molecular weight is 461 g/mol. The molecule has 0 saturated heterocycles. The highest BCUT2D eigenvalue weighted by molar-refractivity contribution is 5.24.